The highest BCUT2D eigenvalue weighted by molar-refractivity contribution is 7.89. The first-order valence-electron chi connectivity index (χ1n) is 9.84. The van der Waals surface area contributed by atoms with Crippen LogP contribution in [0.1, 0.15) is 6.42 Å². The predicted octanol–water partition coefficient (Wildman–Crippen LogP) is 1.43. The number of fused-ring (bicyclic) bond motifs is 1. The maximum absolute atomic E-state index is 13.4. The van der Waals surface area contributed by atoms with E-state index in [9.17, 15) is 13.2 Å². The highest BCUT2D eigenvalue weighted by Gasteiger charge is 2.43. The lowest BCUT2D eigenvalue weighted by Crippen LogP contribution is -2.46. The first-order chi connectivity index (χ1) is 14.9. The first kappa shape index (κ1) is 24.0. The van der Waals surface area contributed by atoms with E-state index in [1.54, 1.807) is 25.4 Å². The van der Waals surface area contributed by atoms with Crippen LogP contribution in [-0.4, -0.2) is 76.3 Å². The lowest BCUT2D eigenvalue weighted by atomic mass is 10.0. The van der Waals surface area contributed by atoms with Crippen LogP contribution in [0.25, 0.3) is 10.8 Å². The number of carbonyl (C=O) groups is 1. The van der Waals surface area contributed by atoms with E-state index in [0.717, 1.165) is 4.31 Å². The van der Waals surface area contributed by atoms with E-state index in [0.29, 0.717) is 37.0 Å². The zero-order valence-electron chi connectivity index (χ0n) is 17.2. The van der Waals surface area contributed by atoms with Gasteiger partial charge in [0, 0.05) is 36.8 Å². The van der Waals surface area contributed by atoms with E-state index < -0.39 is 22.1 Å². The van der Waals surface area contributed by atoms with Crippen molar-refractivity contribution in [2.45, 2.75) is 17.5 Å². The Kier molecular flexibility index (Phi) is 8.34. The van der Waals surface area contributed by atoms with Crippen LogP contribution in [0.2, 0.25) is 5.02 Å². The Labute approximate surface area is 186 Å². The molecule has 11 heteroatoms. The van der Waals surface area contributed by atoms with Gasteiger partial charge in [-0.15, -0.1) is 0 Å². The molecule has 2 atom stereocenters. The molecule has 2 heterocycles. The Morgan fingerprint density at radius 1 is 1.23 bits per heavy atom. The van der Waals surface area contributed by atoms with Gasteiger partial charge in [-0.1, -0.05) is 23.7 Å². The molecule has 31 heavy (non-hydrogen) atoms. The average Bonchev–Trinajstić information content (AvgIpc) is 3.15. The van der Waals surface area contributed by atoms with Gasteiger partial charge in [-0.2, -0.15) is 4.31 Å². The summed E-state index contributed by atoms with van der Waals surface area (Å²) >= 11 is 6.24. The van der Waals surface area contributed by atoms with Gasteiger partial charge in [0.15, 0.2) is 5.78 Å². The predicted molar refractivity (Wildman–Crippen MR) is 115 cm³/mol. The van der Waals surface area contributed by atoms with Crippen LogP contribution < -0.4 is 5.73 Å². The Bertz CT molecular complexity index is 1010. The maximum atomic E-state index is 13.4. The van der Waals surface area contributed by atoms with Crippen molar-refractivity contribution in [2.24, 2.45) is 11.7 Å². The van der Waals surface area contributed by atoms with Gasteiger partial charge in [-0.25, -0.2) is 8.42 Å². The van der Waals surface area contributed by atoms with Gasteiger partial charge in [0.2, 0.25) is 10.0 Å². The Balaban J connectivity index is 1.65. The number of aromatic nitrogens is 1. The van der Waals surface area contributed by atoms with E-state index in [4.69, 9.17) is 31.5 Å². The third-order valence-corrected chi connectivity index (χ3v) is 7.38. The van der Waals surface area contributed by atoms with Gasteiger partial charge < -0.3 is 19.9 Å². The summed E-state index contributed by atoms with van der Waals surface area (Å²) in [4.78, 5) is 16.6. The molecule has 1 aromatic carbocycles. The van der Waals surface area contributed by atoms with Gasteiger partial charge in [-0.3, -0.25) is 9.78 Å². The molecule has 1 aliphatic rings. The quantitative estimate of drug-likeness (QED) is 0.488. The van der Waals surface area contributed by atoms with Crippen molar-refractivity contribution >= 4 is 38.2 Å². The van der Waals surface area contributed by atoms with Gasteiger partial charge in [0.1, 0.15) is 6.61 Å². The molecule has 1 aliphatic heterocycles. The molecule has 1 aromatic heterocycles. The van der Waals surface area contributed by atoms with Gasteiger partial charge >= 0.3 is 0 Å². The summed E-state index contributed by atoms with van der Waals surface area (Å²) in [6.45, 7) is 1.51. The molecule has 2 N–H and O–H groups in total. The smallest absolute Gasteiger partial charge is 0.245 e. The molecule has 1 saturated heterocycles. The molecule has 1 unspecified atom stereocenters. The van der Waals surface area contributed by atoms with Gasteiger partial charge in [0.05, 0.1) is 48.4 Å². The van der Waals surface area contributed by atoms with Gasteiger partial charge in [0.25, 0.3) is 0 Å². The minimum absolute atomic E-state index is 0.0467. The van der Waals surface area contributed by atoms with Crippen molar-refractivity contribution in [1.82, 2.24) is 9.29 Å². The zero-order valence-corrected chi connectivity index (χ0v) is 18.8. The topological polar surface area (TPSA) is 121 Å². The number of ether oxygens (including phenoxy) is 3. The number of nitrogens with two attached hydrogens (primary N) is 1. The fraction of sp³-hybridized carbons (Fsp3) is 0.500. The Morgan fingerprint density at radius 2 is 1.97 bits per heavy atom. The standard InChI is InChI=1S/C20H26ClN3O6S/c1-28-7-8-29-9-10-30-13-17(25)15-5-6-24(20(15)22)31(26,27)18-4-2-3-14-11-23-12-16(21)19(14)18/h2-4,11-12,15,20H,5-10,13,22H2,1H3/t15?,20-/m0/s1. The number of rotatable bonds is 11. The van der Waals surface area contributed by atoms with Crippen LogP contribution in [-0.2, 0) is 29.0 Å². The molecule has 3 rings (SSSR count). The molecule has 9 nitrogen and oxygen atoms in total. The minimum atomic E-state index is -3.97. The first-order valence-corrected chi connectivity index (χ1v) is 11.7. The largest absolute Gasteiger partial charge is 0.382 e. The number of ketones is 1. The second-order valence-corrected chi connectivity index (χ2v) is 9.37. The fourth-order valence-electron chi connectivity index (χ4n) is 3.56. The van der Waals surface area contributed by atoms with Crippen LogP contribution in [0.4, 0.5) is 0 Å². The molecule has 0 spiro atoms. The summed E-state index contributed by atoms with van der Waals surface area (Å²) in [6.07, 6.45) is 2.30. The number of nitrogens with zero attached hydrogens (tertiary/aromatic N) is 2. The molecule has 170 valence electrons. The zero-order chi connectivity index (χ0) is 22.4. The average molecular weight is 472 g/mol. The number of methoxy groups -OCH3 is 1. The molecule has 0 amide bonds. The molecule has 0 saturated carbocycles. The third kappa shape index (κ3) is 5.40. The number of carbonyl (C=O) groups excluding carboxylic acids is 1. The number of pyridine rings is 1. The van der Waals surface area contributed by atoms with Crippen molar-refractivity contribution in [1.29, 1.82) is 0 Å². The number of hydrogen-bond acceptors (Lipinski definition) is 8. The summed E-state index contributed by atoms with van der Waals surface area (Å²) in [5.41, 5.74) is 6.20. The summed E-state index contributed by atoms with van der Waals surface area (Å²) in [7, 11) is -2.39. The molecule has 0 radical (unpaired) electrons. The Hall–Kier alpha value is -1.66. The van der Waals surface area contributed by atoms with E-state index in [-0.39, 0.29) is 35.5 Å². The monoisotopic (exact) mass is 471 g/mol. The number of hydrogen-bond donors (Lipinski definition) is 1. The maximum Gasteiger partial charge on any atom is 0.245 e. The lowest BCUT2D eigenvalue weighted by Gasteiger charge is -2.24. The Morgan fingerprint density at radius 3 is 2.74 bits per heavy atom. The number of Topliss-reactive ketones (excluding diaryl/α,β-unsaturated/α-hetero) is 1. The van der Waals surface area contributed by atoms with Crippen molar-refractivity contribution in [3.63, 3.8) is 0 Å². The highest BCUT2D eigenvalue weighted by Crippen LogP contribution is 2.34. The number of sulfonamides is 1. The van der Waals surface area contributed by atoms with Crippen molar-refractivity contribution < 1.29 is 27.4 Å². The van der Waals surface area contributed by atoms with Crippen LogP contribution >= 0.6 is 11.6 Å². The van der Waals surface area contributed by atoms with Crippen molar-refractivity contribution in [3.05, 3.63) is 35.6 Å². The highest BCUT2D eigenvalue weighted by atomic mass is 35.5. The molecular weight excluding hydrogens is 446 g/mol. The van der Waals surface area contributed by atoms with Crippen molar-refractivity contribution in [2.75, 3.05) is 46.7 Å². The van der Waals surface area contributed by atoms with E-state index in [2.05, 4.69) is 4.98 Å². The summed E-state index contributed by atoms with van der Waals surface area (Å²) in [6, 6.07) is 4.85. The SMILES string of the molecule is COCCOCCOCC(=O)C1CCN(S(=O)(=O)c2cccc3cncc(Cl)c23)[C@@H]1N. The number of benzene rings is 1. The summed E-state index contributed by atoms with van der Waals surface area (Å²) in [5, 5.41) is 1.23. The van der Waals surface area contributed by atoms with E-state index >= 15 is 0 Å². The molecule has 0 aliphatic carbocycles. The number of halogens is 1. The fourth-order valence-corrected chi connectivity index (χ4v) is 5.69. The minimum Gasteiger partial charge on any atom is -0.382 e. The van der Waals surface area contributed by atoms with E-state index in [1.807, 2.05) is 0 Å². The molecule has 0 bridgehead atoms. The lowest BCUT2D eigenvalue weighted by molar-refractivity contribution is -0.128. The van der Waals surface area contributed by atoms with Crippen LogP contribution in [0.3, 0.4) is 0 Å². The van der Waals surface area contributed by atoms with Crippen LogP contribution in [0, 0.1) is 5.92 Å². The summed E-state index contributed by atoms with van der Waals surface area (Å²) in [5.74, 6) is -0.876. The van der Waals surface area contributed by atoms with Gasteiger partial charge in [-0.05, 0) is 12.5 Å². The van der Waals surface area contributed by atoms with Crippen molar-refractivity contribution in [3.8, 4) is 0 Å². The summed E-state index contributed by atoms with van der Waals surface area (Å²) < 4.78 is 43.4. The second kappa shape index (κ2) is 10.8. The third-order valence-electron chi connectivity index (χ3n) is 5.15. The van der Waals surface area contributed by atoms with Crippen LogP contribution in [0.5, 0.6) is 0 Å². The van der Waals surface area contributed by atoms with E-state index in [1.165, 1.54) is 12.3 Å². The van der Waals surface area contributed by atoms with Crippen LogP contribution in [0.15, 0.2) is 35.5 Å². The molecule has 1 fully saturated rings. The second-order valence-electron chi connectivity index (χ2n) is 7.10. The molecular formula is C20H26ClN3O6S. The normalized spacial score (nSPS) is 19.8. The molecule has 2 aromatic rings.